The SMILES string of the molecule is CNc1cccc(Sc2ccc(Br)cc2)n1. The Morgan fingerprint density at radius 1 is 1.12 bits per heavy atom. The van der Waals surface area contributed by atoms with E-state index in [0.717, 1.165) is 15.3 Å². The summed E-state index contributed by atoms with van der Waals surface area (Å²) in [6, 6.07) is 14.2. The van der Waals surface area contributed by atoms with Crippen LogP contribution in [0.15, 0.2) is 56.9 Å². The molecule has 0 fully saturated rings. The van der Waals surface area contributed by atoms with Gasteiger partial charge in [-0.3, -0.25) is 0 Å². The van der Waals surface area contributed by atoms with Crippen molar-refractivity contribution < 1.29 is 0 Å². The first-order chi connectivity index (χ1) is 7.78. The highest BCUT2D eigenvalue weighted by atomic mass is 79.9. The molecule has 0 saturated heterocycles. The minimum absolute atomic E-state index is 0.891. The van der Waals surface area contributed by atoms with E-state index >= 15 is 0 Å². The third kappa shape index (κ3) is 3.00. The molecule has 0 amide bonds. The maximum Gasteiger partial charge on any atom is 0.127 e. The number of aromatic nitrogens is 1. The monoisotopic (exact) mass is 294 g/mol. The largest absolute Gasteiger partial charge is 0.373 e. The molecule has 0 aliphatic heterocycles. The van der Waals surface area contributed by atoms with Crippen molar-refractivity contribution in [1.29, 1.82) is 0 Å². The molecular formula is C12H11BrN2S. The van der Waals surface area contributed by atoms with Crippen LogP contribution < -0.4 is 5.32 Å². The molecule has 0 radical (unpaired) electrons. The van der Waals surface area contributed by atoms with E-state index in [9.17, 15) is 0 Å². The molecule has 0 saturated carbocycles. The Morgan fingerprint density at radius 3 is 2.56 bits per heavy atom. The normalized spacial score (nSPS) is 10.1. The molecule has 2 rings (SSSR count). The Labute approximate surface area is 108 Å². The number of hydrogen-bond donors (Lipinski definition) is 1. The van der Waals surface area contributed by atoms with E-state index in [0.29, 0.717) is 0 Å². The lowest BCUT2D eigenvalue weighted by Gasteiger charge is -2.03. The van der Waals surface area contributed by atoms with Gasteiger partial charge < -0.3 is 5.32 Å². The van der Waals surface area contributed by atoms with Gasteiger partial charge in [-0.05, 0) is 36.4 Å². The van der Waals surface area contributed by atoms with Crippen molar-refractivity contribution in [1.82, 2.24) is 4.98 Å². The number of nitrogens with one attached hydrogen (secondary N) is 1. The van der Waals surface area contributed by atoms with Crippen molar-refractivity contribution >= 4 is 33.5 Å². The highest BCUT2D eigenvalue weighted by Gasteiger charge is 1.99. The maximum atomic E-state index is 4.45. The van der Waals surface area contributed by atoms with Gasteiger partial charge in [0.25, 0.3) is 0 Å². The zero-order valence-electron chi connectivity index (χ0n) is 8.77. The molecule has 1 N–H and O–H groups in total. The molecule has 16 heavy (non-hydrogen) atoms. The quantitative estimate of drug-likeness (QED) is 0.925. The van der Waals surface area contributed by atoms with Crippen LogP contribution in [0.2, 0.25) is 0 Å². The molecule has 0 aliphatic rings. The van der Waals surface area contributed by atoms with Gasteiger partial charge in [-0.25, -0.2) is 4.98 Å². The van der Waals surface area contributed by atoms with Crippen LogP contribution in [0.3, 0.4) is 0 Å². The standard InChI is InChI=1S/C12H11BrN2S/c1-14-11-3-2-4-12(15-11)16-10-7-5-9(13)6-8-10/h2-8H,1H3,(H,14,15). The van der Waals surface area contributed by atoms with Crippen molar-refractivity contribution in [2.75, 3.05) is 12.4 Å². The summed E-state index contributed by atoms with van der Waals surface area (Å²) in [5, 5.41) is 4.02. The van der Waals surface area contributed by atoms with Crippen LogP contribution in [0.4, 0.5) is 5.82 Å². The summed E-state index contributed by atoms with van der Waals surface area (Å²) in [6.07, 6.45) is 0. The minimum atomic E-state index is 0.891. The van der Waals surface area contributed by atoms with E-state index in [1.807, 2.05) is 37.4 Å². The molecule has 2 aromatic rings. The lowest BCUT2D eigenvalue weighted by Crippen LogP contribution is -1.91. The van der Waals surface area contributed by atoms with Crippen LogP contribution in [0.5, 0.6) is 0 Å². The first-order valence-electron chi connectivity index (χ1n) is 4.86. The van der Waals surface area contributed by atoms with Crippen LogP contribution in [-0.2, 0) is 0 Å². The molecular weight excluding hydrogens is 284 g/mol. The number of halogens is 1. The van der Waals surface area contributed by atoms with Crippen LogP contribution >= 0.6 is 27.7 Å². The first kappa shape index (κ1) is 11.5. The van der Waals surface area contributed by atoms with E-state index in [1.54, 1.807) is 11.8 Å². The molecule has 1 heterocycles. The van der Waals surface area contributed by atoms with Gasteiger partial charge >= 0.3 is 0 Å². The second kappa shape index (κ2) is 5.37. The topological polar surface area (TPSA) is 24.9 Å². The van der Waals surface area contributed by atoms with E-state index < -0.39 is 0 Å². The Hall–Kier alpha value is -1.00. The average molecular weight is 295 g/mol. The Bertz CT molecular complexity index is 471. The van der Waals surface area contributed by atoms with Crippen molar-refractivity contribution in [3.63, 3.8) is 0 Å². The lowest BCUT2D eigenvalue weighted by atomic mass is 10.4. The van der Waals surface area contributed by atoms with Crippen molar-refractivity contribution in [2.45, 2.75) is 9.92 Å². The highest BCUT2D eigenvalue weighted by molar-refractivity contribution is 9.10. The molecule has 4 heteroatoms. The second-order valence-electron chi connectivity index (χ2n) is 3.17. The van der Waals surface area contributed by atoms with Gasteiger partial charge in [0.1, 0.15) is 10.8 Å². The zero-order chi connectivity index (χ0) is 11.4. The van der Waals surface area contributed by atoms with E-state index in [1.165, 1.54) is 4.90 Å². The molecule has 0 aliphatic carbocycles. The third-order valence-corrected chi connectivity index (χ3v) is 3.49. The van der Waals surface area contributed by atoms with E-state index in [-0.39, 0.29) is 0 Å². The molecule has 0 bridgehead atoms. The Kier molecular flexibility index (Phi) is 3.85. The predicted octanol–water partition coefficient (Wildman–Crippen LogP) is 4.04. The molecule has 2 nitrogen and oxygen atoms in total. The summed E-state index contributed by atoms with van der Waals surface area (Å²) >= 11 is 5.07. The van der Waals surface area contributed by atoms with Crippen molar-refractivity contribution in [3.05, 3.63) is 46.9 Å². The maximum absolute atomic E-state index is 4.45. The van der Waals surface area contributed by atoms with Gasteiger partial charge in [0, 0.05) is 16.4 Å². The molecule has 0 atom stereocenters. The molecule has 1 aromatic carbocycles. The first-order valence-corrected chi connectivity index (χ1v) is 6.47. The number of hydrogen-bond acceptors (Lipinski definition) is 3. The van der Waals surface area contributed by atoms with Gasteiger partial charge in [-0.15, -0.1) is 0 Å². The zero-order valence-corrected chi connectivity index (χ0v) is 11.2. The number of pyridine rings is 1. The van der Waals surface area contributed by atoms with Gasteiger partial charge in [0.15, 0.2) is 0 Å². The predicted molar refractivity (Wildman–Crippen MR) is 72.0 cm³/mol. The minimum Gasteiger partial charge on any atom is -0.373 e. The van der Waals surface area contributed by atoms with Crippen LogP contribution in [0, 0.1) is 0 Å². The molecule has 0 unspecified atom stereocenters. The van der Waals surface area contributed by atoms with Gasteiger partial charge in [-0.2, -0.15) is 0 Å². The summed E-state index contributed by atoms with van der Waals surface area (Å²) in [6.45, 7) is 0. The highest BCUT2D eigenvalue weighted by Crippen LogP contribution is 2.27. The molecule has 0 spiro atoms. The number of rotatable bonds is 3. The lowest BCUT2D eigenvalue weighted by molar-refractivity contribution is 1.12. The van der Waals surface area contributed by atoms with Crippen LogP contribution in [0.25, 0.3) is 0 Å². The van der Waals surface area contributed by atoms with Gasteiger partial charge in [0.2, 0.25) is 0 Å². The number of anilines is 1. The molecule has 1 aromatic heterocycles. The van der Waals surface area contributed by atoms with Crippen molar-refractivity contribution in [2.24, 2.45) is 0 Å². The average Bonchev–Trinajstić information content (AvgIpc) is 2.32. The van der Waals surface area contributed by atoms with Gasteiger partial charge in [-0.1, -0.05) is 33.8 Å². The summed E-state index contributed by atoms with van der Waals surface area (Å²) in [4.78, 5) is 5.63. The number of nitrogens with zero attached hydrogens (tertiary/aromatic N) is 1. The summed E-state index contributed by atoms with van der Waals surface area (Å²) in [7, 11) is 1.87. The fourth-order valence-corrected chi connectivity index (χ4v) is 2.30. The number of benzene rings is 1. The van der Waals surface area contributed by atoms with Crippen LogP contribution in [0.1, 0.15) is 0 Å². The molecule has 82 valence electrons. The Morgan fingerprint density at radius 2 is 1.88 bits per heavy atom. The summed E-state index contributed by atoms with van der Waals surface area (Å²) < 4.78 is 1.09. The summed E-state index contributed by atoms with van der Waals surface area (Å²) in [5.41, 5.74) is 0. The second-order valence-corrected chi connectivity index (χ2v) is 5.18. The van der Waals surface area contributed by atoms with Gasteiger partial charge in [0.05, 0.1) is 0 Å². The van der Waals surface area contributed by atoms with E-state index in [4.69, 9.17) is 0 Å². The Balaban J connectivity index is 2.16. The van der Waals surface area contributed by atoms with Crippen molar-refractivity contribution in [3.8, 4) is 0 Å². The summed E-state index contributed by atoms with van der Waals surface area (Å²) in [5.74, 6) is 0.891. The van der Waals surface area contributed by atoms with Crippen LogP contribution in [-0.4, -0.2) is 12.0 Å². The van der Waals surface area contributed by atoms with E-state index in [2.05, 4.69) is 38.4 Å². The smallest absolute Gasteiger partial charge is 0.127 e. The fourth-order valence-electron chi connectivity index (χ4n) is 1.23. The fraction of sp³-hybridized carbons (Fsp3) is 0.0833. The third-order valence-electron chi connectivity index (χ3n) is 2.02.